The van der Waals surface area contributed by atoms with Gasteiger partial charge in [0.15, 0.2) is 0 Å². The highest BCUT2D eigenvalue weighted by Crippen LogP contribution is 2.21. The molecule has 2 aromatic rings. The molecule has 2 rings (SSSR count). The van der Waals surface area contributed by atoms with Crippen LogP contribution in [0.4, 0.5) is 0 Å². The summed E-state index contributed by atoms with van der Waals surface area (Å²) in [7, 11) is 1.68. The van der Waals surface area contributed by atoms with Gasteiger partial charge < -0.3 is 19.2 Å². The van der Waals surface area contributed by atoms with Gasteiger partial charge in [-0.25, -0.2) is 0 Å². The minimum absolute atomic E-state index is 0.655. The number of methoxy groups -OCH3 is 1. The van der Waals surface area contributed by atoms with Gasteiger partial charge in [0.1, 0.15) is 11.5 Å². The fourth-order valence-corrected chi connectivity index (χ4v) is 1.99. The van der Waals surface area contributed by atoms with Crippen LogP contribution >= 0.6 is 0 Å². The summed E-state index contributed by atoms with van der Waals surface area (Å²) in [5.41, 5.74) is 1.11. The molecule has 0 aliphatic carbocycles. The van der Waals surface area contributed by atoms with Gasteiger partial charge in [0.05, 0.1) is 19.8 Å². The third-order valence-electron chi connectivity index (χ3n) is 3.09. The van der Waals surface area contributed by atoms with Crippen LogP contribution in [-0.4, -0.2) is 33.5 Å². The SMILES string of the molecule is COCCOCCCNCc1ccc(-c2ccccc2)o1. The van der Waals surface area contributed by atoms with Crippen molar-refractivity contribution in [1.29, 1.82) is 0 Å². The van der Waals surface area contributed by atoms with Crippen molar-refractivity contribution in [1.82, 2.24) is 5.32 Å². The molecule has 0 aliphatic heterocycles. The standard InChI is InChI=1S/C17H23NO3/c1-19-12-13-20-11-5-10-18-14-16-8-9-17(21-16)15-6-3-2-4-7-15/h2-4,6-9,18H,5,10-14H2,1H3. The Hall–Kier alpha value is -1.62. The van der Waals surface area contributed by atoms with Crippen LogP contribution in [0.15, 0.2) is 46.9 Å². The summed E-state index contributed by atoms with van der Waals surface area (Å²) in [6.45, 7) is 3.72. The van der Waals surface area contributed by atoms with Gasteiger partial charge in [-0.15, -0.1) is 0 Å². The van der Waals surface area contributed by atoms with Gasteiger partial charge in [0.2, 0.25) is 0 Å². The van der Waals surface area contributed by atoms with Crippen molar-refractivity contribution in [3.05, 3.63) is 48.2 Å². The maximum atomic E-state index is 5.82. The first-order chi connectivity index (χ1) is 10.4. The van der Waals surface area contributed by atoms with Crippen molar-refractivity contribution >= 4 is 0 Å². The lowest BCUT2D eigenvalue weighted by molar-refractivity contribution is 0.0694. The average molecular weight is 289 g/mol. The van der Waals surface area contributed by atoms with Crippen LogP contribution in [0.5, 0.6) is 0 Å². The maximum Gasteiger partial charge on any atom is 0.134 e. The second-order valence-corrected chi connectivity index (χ2v) is 4.77. The molecule has 0 saturated carbocycles. The minimum Gasteiger partial charge on any atom is -0.460 e. The lowest BCUT2D eigenvalue weighted by Crippen LogP contribution is -2.16. The third kappa shape index (κ3) is 5.71. The molecule has 0 radical (unpaired) electrons. The van der Waals surface area contributed by atoms with E-state index in [4.69, 9.17) is 13.9 Å². The molecule has 21 heavy (non-hydrogen) atoms. The van der Waals surface area contributed by atoms with Crippen molar-refractivity contribution in [3.63, 3.8) is 0 Å². The first kappa shape index (κ1) is 15.8. The summed E-state index contributed by atoms with van der Waals surface area (Å²) >= 11 is 0. The molecule has 0 aliphatic rings. The quantitative estimate of drug-likeness (QED) is 0.683. The number of nitrogens with one attached hydrogen (secondary N) is 1. The van der Waals surface area contributed by atoms with Gasteiger partial charge >= 0.3 is 0 Å². The smallest absolute Gasteiger partial charge is 0.134 e. The van der Waals surface area contributed by atoms with Gasteiger partial charge in [-0.1, -0.05) is 30.3 Å². The molecule has 0 fully saturated rings. The Bertz CT molecular complexity index is 496. The van der Waals surface area contributed by atoms with Crippen LogP contribution in [0.25, 0.3) is 11.3 Å². The van der Waals surface area contributed by atoms with E-state index < -0.39 is 0 Å². The van der Waals surface area contributed by atoms with Crippen LogP contribution in [-0.2, 0) is 16.0 Å². The molecule has 1 N–H and O–H groups in total. The Kier molecular flexibility index (Phi) is 7.01. The highest BCUT2D eigenvalue weighted by molar-refractivity contribution is 5.57. The fourth-order valence-electron chi connectivity index (χ4n) is 1.99. The van der Waals surface area contributed by atoms with Crippen LogP contribution in [0.1, 0.15) is 12.2 Å². The van der Waals surface area contributed by atoms with Crippen LogP contribution < -0.4 is 5.32 Å². The summed E-state index contributed by atoms with van der Waals surface area (Å²) in [6.07, 6.45) is 0.982. The summed E-state index contributed by atoms with van der Waals surface area (Å²) in [6, 6.07) is 14.2. The summed E-state index contributed by atoms with van der Waals surface area (Å²) in [5, 5.41) is 3.35. The number of hydrogen-bond acceptors (Lipinski definition) is 4. The lowest BCUT2D eigenvalue weighted by Gasteiger charge is -2.04. The van der Waals surface area contributed by atoms with Gasteiger partial charge in [0, 0.05) is 19.3 Å². The van der Waals surface area contributed by atoms with Gasteiger partial charge in [-0.3, -0.25) is 0 Å². The normalized spacial score (nSPS) is 10.9. The van der Waals surface area contributed by atoms with Crippen LogP contribution in [0.3, 0.4) is 0 Å². The van der Waals surface area contributed by atoms with E-state index >= 15 is 0 Å². The monoisotopic (exact) mass is 289 g/mol. The Labute approximate surface area is 126 Å². The van der Waals surface area contributed by atoms with Crippen molar-refractivity contribution < 1.29 is 13.9 Å². The van der Waals surface area contributed by atoms with E-state index in [2.05, 4.69) is 5.32 Å². The molecule has 1 aromatic carbocycles. The van der Waals surface area contributed by atoms with E-state index in [1.165, 1.54) is 0 Å². The van der Waals surface area contributed by atoms with E-state index in [-0.39, 0.29) is 0 Å². The van der Waals surface area contributed by atoms with E-state index in [0.717, 1.165) is 43.2 Å². The summed E-state index contributed by atoms with van der Waals surface area (Å²) < 4.78 is 16.1. The molecule has 0 spiro atoms. The molecular formula is C17H23NO3. The van der Waals surface area contributed by atoms with E-state index in [1.807, 2.05) is 42.5 Å². The average Bonchev–Trinajstić information content (AvgIpc) is 3.00. The zero-order valence-electron chi connectivity index (χ0n) is 12.5. The highest BCUT2D eigenvalue weighted by Gasteiger charge is 2.03. The van der Waals surface area contributed by atoms with E-state index in [0.29, 0.717) is 13.2 Å². The van der Waals surface area contributed by atoms with Crippen molar-refractivity contribution in [2.24, 2.45) is 0 Å². The van der Waals surface area contributed by atoms with Crippen LogP contribution in [0.2, 0.25) is 0 Å². The van der Waals surface area contributed by atoms with Crippen molar-refractivity contribution in [2.45, 2.75) is 13.0 Å². The number of rotatable bonds is 10. The van der Waals surface area contributed by atoms with E-state index in [9.17, 15) is 0 Å². The maximum absolute atomic E-state index is 5.82. The molecule has 0 atom stereocenters. The number of hydrogen-bond donors (Lipinski definition) is 1. The first-order valence-electron chi connectivity index (χ1n) is 7.31. The summed E-state index contributed by atoms with van der Waals surface area (Å²) in [5.74, 6) is 1.87. The number of furan rings is 1. The highest BCUT2D eigenvalue weighted by atomic mass is 16.5. The Balaban J connectivity index is 1.63. The molecule has 4 heteroatoms. The molecule has 0 amide bonds. The molecule has 114 valence electrons. The second-order valence-electron chi connectivity index (χ2n) is 4.77. The van der Waals surface area contributed by atoms with Crippen molar-refractivity contribution in [2.75, 3.05) is 33.5 Å². The molecule has 0 bridgehead atoms. The van der Waals surface area contributed by atoms with Crippen molar-refractivity contribution in [3.8, 4) is 11.3 Å². The van der Waals surface area contributed by atoms with Gasteiger partial charge in [-0.05, 0) is 25.1 Å². The molecule has 4 nitrogen and oxygen atoms in total. The second kappa shape index (κ2) is 9.34. The largest absolute Gasteiger partial charge is 0.460 e. The molecule has 1 aromatic heterocycles. The van der Waals surface area contributed by atoms with E-state index in [1.54, 1.807) is 7.11 Å². The fraction of sp³-hybridized carbons (Fsp3) is 0.412. The molecular weight excluding hydrogens is 266 g/mol. The Morgan fingerprint density at radius 2 is 1.86 bits per heavy atom. The zero-order chi connectivity index (χ0) is 14.8. The Morgan fingerprint density at radius 3 is 2.67 bits per heavy atom. The van der Waals surface area contributed by atoms with Gasteiger partial charge in [-0.2, -0.15) is 0 Å². The third-order valence-corrected chi connectivity index (χ3v) is 3.09. The number of ether oxygens (including phenoxy) is 2. The van der Waals surface area contributed by atoms with Crippen LogP contribution in [0, 0.1) is 0 Å². The minimum atomic E-state index is 0.655. The number of benzene rings is 1. The predicted octanol–water partition coefficient (Wildman–Crippen LogP) is 3.09. The molecule has 0 unspecified atom stereocenters. The topological polar surface area (TPSA) is 43.6 Å². The zero-order valence-corrected chi connectivity index (χ0v) is 12.5. The molecule has 0 saturated heterocycles. The van der Waals surface area contributed by atoms with Gasteiger partial charge in [0.25, 0.3) is 0 Å². The summed E-state index contributed by atoms with van der Waals surface area (Å²) in [4.78, 5) is 0. The Morgan fingerprint density at radius 1 is 1.00 bits per heavy atom. The first-order valence-corrected chi connectivity index (χ1v) is 7.31. The lowest BCUT2D eigenvalue weighted by atomic mass is 10.2. The molecule has 1 heterocycles. The predicted molar refractivity (Wildman–Crippen MR) is 83.2 cm³/mol.